The first-order valence-corrected chi connectivity index (χ1v) is 8.55. The summed E-state index contributed by atoms with van der Waals surface area (Å²) in [4.78, 5) is 0. The lowest BCUT2D eigenvalue weighted by Gasteiger charge is -2.44. The number of rotatable bonds is 2. The molecule has 0 radical (unpaired) electrons. The Morgan fingerprint density at radius 1 is 1.24 bits per heavy atom. The molecular weight excluding hydrogens is 284 g/mol. The summed E-state index contributed by atoms with van der Waals surface area (Å²) in [6, 6.07) is 5.90. The highest BCUT2D eigenvalue weighted by Crippen LogP contribution is 2.44. The molecule has 116 valence electrons. The lowest BCUT2D eigenvalue weighted by atomic mass is 9.74. The molecule has 1 saturated heterocycles. The van der Waals surface area contributed by atoms with Crippen LogP contribution in [0.2, 0.25) is 5.02 Å². The molecule has 2 aliphatic rings. The zero-order chi connectivity index (χ0) is 14.9. The second-order valence-corrected chi connectivity index (χ2v) is 7.29. The maximum absolute atomic E-state index is 10.8. The molecule has 2 unspecified atom stereocenters. The minimum absolute atomic E-state index is 0.0375. The van der Waals surface area contributed by atoms with E-state index in [9.17, 15) is 5.11 Å². The van der Waals surface area contributed by atoms with Crippen molar-refractivity contribution in [3.05, 3.63) is 34.3 Å². The standard InChI is InChI=1S/C18H25ClO2/c1-13-9-15(11-16(19)10-13)17(20)14-5-8-21-18(12-14)6-3-2-4-7-18/h9-11,14,17,20H,2-8,12H2,1H3. The number of ether oxygens (including phenoxy) is 1. The van der Waals surface area contributed by atoms with Crippen LogP contribution in [0.1, 0.15) is 62.2 Å². The van der Waals surface area contributed by atoms with E-state index in [-0.39, 0.29) is 11.5 Å². The van der Waals surface area contributed by atoms with E-state index in [0.29, 0.717) is 5.02 Å². The number of halogens is 1. The van der Waals surface area contributed by atoms with Gasteiger partial charge in [0, 0.05) is 11.6 Å². The number of benzene rings is 1. The maximum atomic E-state index is 10.8. The SMILES string of the molecule is Cc1cc(Cl)cc(C(O)C2CCOC3(CCCCC3)C2)c1. The Morgan fingerprint density at radius 3 is 2.71 bits per heavy atom. The molecule has 1 aromatic carbocycles. The Morgan fingerprint density at radius 2 is 2.00 bits per heavy atom. The van der Waals surface area contributed by atoms with Crippen molar-refractivity contribution in [1.29, 1.82) is 0 Å². The highest BCUT2D eigenvalue weighted by molar-refractivity contribution is 6.30. The molecular formula is C18H25ClO2. The third-order valence-corrected chi connectivity index (χ3v) is 5.37. The van der Waals surface area contributed by atoms with Gasteiger partial charge in [-0.05, 0) is 61.8 Å². The Bertz CT molecular complexity index is 468. The number of aliphatic hydroxyl groups is 1. The Balaban J connectivity index is 1.76. The predicted molar refractivity (Wildman–Crippen MR) is 85.6 cm³/mol. The zero-order valence-corrected chi connectivity index (χ0v) is 13.5. The quantitative estimate of drug-likeness (QED) is 0.849. The molecule has 1 heterocycles. The topological polar surface area (TPSA) is 29.5 Å². The van der Waals surface area contributed by atoms with Crippen LogP contribution in [0.5, 0.6) is 0 Å². The fraction of sp³-hybridized carbons (Fsp3) is 0.667. The fourth-order valence-corrected chi connectivity index (χ4v) is 4.39. The molecule has 2 fully saturated rings. The van der Waals surface area contributed by atoms with Gasteiger partial charge in [-0.1, -0.05) is 36.9 Å². The smallest absolute Gasteiger partial charge is 0.0820 e. The van der Waals surface area contributed by atoms with Crippen molar-refractivity contribution in [1.82, 2.24) is 0 Å². The molecule has 21 heavy (non-hydrogen) atoms. The molecule has 3 rings (SSSR count). The maximum Gasteiger partial charge on any atom is 0.0820 e. The second kappa shape index (κ2) is 6.28. The molecule has 0 bridgehead atoms. The van der Waals surface area contributed by atoms with Gasteiger partial charge >= 0.3 is 0 Å². The third-order valence-electron chi connectivity index (χ3n) is 5.15. The van der Waals surface area contributed by atoms with Crippen LogP contribution in [0.3, 0.4) is 0 Å². The van der Waals surface area contributed by atoms with Crippen LogP contribution in [0.4, 0.5) is 0 Å². The van der Waals surface area contributed by atoms with Crippen molar-refractivity contribution in [2.75, 3.05) is 6.61 Å². The van der Waals surface area contributed by atoms with Gasteiger partial charge in [-0.2, -0.15) is 0 Å². The van der Waals surface area contributed by atoms with Gasteiger partial charge in [0.2, 0.25) is 0 Å². The van der Waals surface area contributed by atoms with E-state index >= 15 is 0 Å². The van der Waals surface area contributed by atoms with Crippen LogP contribution in [0, 0.1) is 12.8 Å². The monoisotopic (exact) mass is 308 g/mol. The van der Waals surface area contributed by atoms with Crippen molar-refractivity contribution in [2.24, 2.45) is 5.92 Å². The molecule has 2 atom stereocenters. The van der Waals surface area contributed by atoms with Gasteiger partial charge in [-0.25, -0.2) is 0 Å². The first-order valence-electron chi connectivity index (χ1n) is 8.17. The molecule has 1 aliphatic heterocycles. The van der Waals surface area contributed by atoms with E-state index < -0.39 is 6.10 Å². The largest absolute Gasteiger partial charge is 0.388 e. The van der Waals surface area contributed by atoms with Gasteiger partial charge in [0.15, 0.2) is 0 Å². The minimum Gasteiger partial charge on any atom is -0.388 e. The summed E-state index contributed by atoms with van der Waals surface area (Å²) in [6.07, 6.45) is 7.67. The highest BCUT2D eigenvalue weighted by atomic mass is 35.5. The van der Waals surface area contributed by atoms with Gasteiger partial charge in [-0.3, -0.25) is 0 Å². The second-order valence-electron chi connectivity index (χ2n) is 6.85. The lowest BCUT2D eigenvalue weighted by molar-refractivity contribution is -0.134. The number of aryl methyl sites for hydroxylation is 1. The molecule has 1 aromatic rings. The van der Waals surface area contributed by atoms with Crippen LogP contribution in [-0.4, -0.2) is 17.3 Å². The summed E-state index contributed by atoms with van der Waals surface area (Å²) in [5.74, 6) is 0.287. The molecule has 3 heteroatoms. The van der Waals surface area contributed by atoms with Gasteiger partial charge < -0.3 is 9.84 Å². The summed E-state index contributed by atoms with van der Waals surface area (Å²) in [6.45, 7) is 2.80. The number of hydrogen-bond acceptors (Lipinski definition) is 2. The summed E-state index contributed by atoms with van der Waals surface area (Å²) >= 11 is 6.14. The van der Waals surface area contributed by atoms with Crippen LogP contribution in [0.25, 0.3) is 0 Å². The van der Waals surface area contributed by atoms with E-state index in [1.54, 1.807) is 0 Å². The van der Waals surface area contributed by atoms with Crippen LogP contribution < -0.4 is 0 Å². The molecule has 1 aliphatic carbocycles. The summed E-state index contributed by atoms with van der Waals surface area (Å²) in [5, 5.41) is 11.5. The highest BCUT2D eigenvalue weighted by Gasteiger charge is 2.40. The Labute approximate surface area is 132 Å². The molecule has 1 spiro atoms. The Hall–Kier alpha value is -0.570. The normalized spacial score (nSPS) is 26.7. The molecule has 1 saturated carbocycles. The Kier molecular flexibility index (Phi) is 4.58. The van der Waals surface area contributed by atoms with Crippen molar-refractivity contribution in [2.45, 2.75) is 63.6 Å². The fourth-order valence-electron chi connectivity index (χ4n) is 4.09. The van der Waals surface area contributed by atoms with Gasteiger partial charge in [0.25, 0.3) is 0 Å². The zero-order valence-electron chi connectivity index (χ0n) is 12.8. The molecule has 0 aromatic heterocycles. The van der Waals surface area contributed by atoms with E-state index in [0.717, 1.165) is 43.4 Å². The summed E-state index contributed by atoms with van der Waals surface area (Å²) < 4.78 is 6.13. The van der Waals surface area contributed by atoms with Gasteiger partial charge in [-0.15, -0.1) is 0 Å². The van der Waals surface area contributed by atoms with Crippen LogP contribution in [0.15, 0.2) is 18.2 Å². The first kappa shape index (κ1) is 15.3. The minimum atomic E-state index is -0.426. The van der Waals surface area contributed by atoms with Crippen LogP contribution >= 0.6 is 11.6 Å². The first-order chi connectivity index (χ1) is 10.1. The molecule has 2 nitrogen and oxygen atoms in total. The average Bonchev–Trinajstić information content (AvgIpc) is 2.46. The summed E-state index contributed by atoms with van der Waals surface area (Å²) in [7, 11) is 0. The van der Waals surface area contributed by atoms with Gasteiger partial charge in [0.05, 0.1) is 11.7 Å². The van der Waals surface area contributed by atoms with Crippen LogP contribution in [-0.2, 0) is 4.74 Å². The lowest BCUT2D eigenvalue weighted by Crippen LogP contribution is -2.42. The van der Waals surface area contributed by atoms with E-state index in [2.05, 4.69) is 6.07 Å². The number of aliphatic hydroxyl groups excluding tert-OH is 1. The van der Waals surface area contributed by atoms with Crippen molar-refractivity contribution in [3.8, 4) is 0 Å². The van der Waals surface area contributed by atoms with Gasteiger partial charge in [0.1, 0.15) is 0 Å². The number of hydrogen-bond donors (Lipinski definition) is 1. The predicted octanol–water partition coefficient (Wildman–Crippen LogP) is 4.81. The molecule has 1 N–H and O–H groups in total. The van der Waals surface area contributed by atoms with E-state index in [1.165, 1.54) is 19.3 Å². The summed E-state index contributed by atoms with van der Waals surface area (Å²) in [5.41, 5.74) is 2.10. The molecule has 0 amide bonds. The third kappa shape index (κ3) is 3.44. The van der Waals surface area contributed by atoms with Crippen molar-refractivity contribution < 1.29 is 9.84 Å². The average molecular weight is 309 g/mol. The van der Waals surface area contributed by atoms with Crippen molar-refractivity contribution in [3.63, 3.8) is 0 Å². The van der Waals surface area contributed by atoms with E-state index in [4.69, 9.17) is 16.3 Å². The van der Waals surface area contributed by atoms with Crippen molar-refractivity contribution >= 4 is 11.6 Å². The van der Waals surface area contributed by atoms with E-state index in [1.807, 2.05) is 19.1 Å².